The summed E-state index contributed by atoms with van der Waals surface area (Å²) in [6, 6.07) is 7.81. The Kier molecular flexibility index (Phi) is 3.38. The minimum Gasteiger partial charge on any atom is -0.481 e. The molecule has 1 aliphatic carbocycles. The quantitative estimate of drug-likeness (QED) is 0.855. The fourth-order valence-corrected chi connectivity index (χ4v) is 3.55. The van der Waals surface area contributed by atoms with Crippen LogP contribution in [0.2, 0.25) is 0 Å². The second-order valence-electron chi connectivity index (χ2n) is 5.46. The molecule has 0 saturated heterocycles. The number of hydrogen-bond donors (Lipinski definition) is 1. The van der Waals surface area contributed by atoms with Gasteiger partial charge in [-0.3, -0.25) is 4.79 Å². The zero-order valence-electron chi connectivity index (χ0n) is 11.3. The Morgan fingerprint density at radius 2 is 1.95 bits per heavy atom. The molecule has 104 valence electrons. The third-order valence-electron chi connectivity index (χ3n) is 3.70. The molecule has 1 saturated carbocycles. The summed E-state index contributed by atoms with van der Waals surface area (Å²) in [6.45, 7) is 1.96. The monoisotopic (exact) mass is 288 g/mol. The lowest BCUT2D eigenvalue weighted by molar-refractivity contribution is -0.138. The molecule has 1 N–H and O–H groups in total. The number of hydrogen-bond acceptors (Lipinski definition) is 4. The SMILES string of the molecule is Cc1nc2ccccc2nc1SCC1(CC(=O)O)CC1. The number of nitrogens with zero attached hydrogens (tertiary/aromatic N) is 2. The largest absolute Gasteiger partial charge is 0.481 e. The molecule has 0 unspecified atom stereocenters. The van der Waals surface area contributed by atoms with Crippen molar-refractivity contribution in [2.45, 2.75) is 31.2 Å². The molecule has 5 heteroatoms. The highest BCUT2D eigenvalue weighted by molar-refractivity contribution is 7.99. The van der Waals surface area contributed by atoms with Gasteiger partial charge in [0, 0.05) is 5.75 Å². The molecule has 4 nitrogen and oxygen atoms in total. The van der Waals surface area contributed by atoms with Gasteiger partial charge >= 0.3 is 5.97 Å². The van der Waals surface area contributed by atoms with Gasteiger partial charge in [0.05, 0.1) is 23.1 Å². The number of aryl methyl sites for hydroxylation is 1. The van der Waals surface area contributed by atoms with Gasteiger partial charge < -0.3 is 5.11 Å². The predicted molar refractivity (Wildman–Crippen MR) is 78.9 cm³/mol. The molecule has 20 heavy (non-hydrogen) atoms. The number of carbonyl (C=O) groups is 1. The predicted octanol–water partition coefficient (Wildman–Crippen LogP) is 3.29. The van der Waals surface area contributed by atoms with Crippen LogP contribution < -0.4 is 0 Å². The third kappa shape index (κ3) is 2.77. The molecule has 0 radical (unpaired) electrons. The highest BCUT2D eigenvalue weighted by Crippen LogP contribution is 2.51. The van der Waals surface area contributed by atoms with Crippen molar-refractivity contribution in [2.24, 2.45) is 5.41 Å². The molecule has 0 atom stereocenters. The fourth-order valence-electron chi connectivity index (χ4n) is 2.30. The summed E-state index contributed by atoms with van der Waals surface area (Å²) in [5.74, 6) is 0.108. The first kappa shape index (κ1) is 13.4. The van der Waals surface area contributed by atoms with Crippen LogP contribution in [0.4, 0.5) is 0 Å². The van der Waals surface area contributed by atoms with Gasteiger partial charge in [-0.1, -0.05) is 12.1 Å². The molecule has 0 bridgehead atoms. The Balaban J connectivity index is 1.77. The lowest BCUT2D eigenvalue weighted by Crippen LogP contribution is -2.11. The van der Waals surface area contributed by atoms with E-state index in [1.165, 1.54) is 0 Å². The van der Waals surface area contributed by atoms with Crippen LogP contribution in [0.3, 0.4) is 0 Å². The summed E-state index contributed by atoms with van der Waals surface area (Å²) in [5.41, 5.74) is 2.69. The van der Waals surface area contributed by atoms with Gasteiger partial charge in [-0.25, -0.2) is 9.97 Å². The molecule has 1 fully saturated rings. The second-order valence-corrected chi connectivity index (χ2v) is 6.43. The number of carboxylic acids is 1. The van der Waals surface area contributed by atoms with Crippen LogP contribution in [0.5, 0.6) is 0 Å². The molecule has 2 aromatic rings. The maximum Gasteiger partial charge on any atom is 0.303 e. The molecule has 1 aromatic carbocycles. The Hall–Kier alpha value is -1.62. The third-order valence-corrected chi connectivity index (χ3v) is 5.12. The van der Waals surface area contributed by atoms with Gasteiger partial charge in [-0.05, 0) is 37.3 Å². The van der Waals surface area contributed by atoms with Crippen molar-refractivity contribution in [3.63, 3.8) is 0 Å². The van der Waals surface area contributed by atoms with E-state index in [0.29, 0.717) is 0 Å². The van der Waals surface area contributed by atoms with Crippen molar-refractivity contribution in [1.82, 2.24) is 9.97 Å². The van der Waals surface area contributed by atoms with Crippen molar-refractivity contribution >= 4 is 28.8 Å². The number of rotatable bonds is 5. The molecule has 0 aliphatic heterocycles. The van der Waals surface area contributed by atoms with Crippen LogP contribution in [0.1, 0.15) is 25.0 Å². The normalized spacial score (nSPS) is 16.2. The van der Waals surface area contributed by atoms with Crippen LogP contribution in [0, 0.1) is 12.3 Å². The van der Waals surface area contributed by atoms with Crippen molar-refractivity contribution in [1.29, 1.82) is 0 Å². The number of aliphatic carboxylic acids is 1. The van der Waals surface area contributed by atoms with Crippen LogP contribution in [-0.2, 0) is 4.79 Å². The number of aromatic nitrogens is 2. The molecule has 0 amide bonds. The molecular formula is C15H16N2O2S. The van der Waals surface area contributed by atoms with E-state index in [-0.39, 0.29) is 11.8 Å². The van der Waals surface area contributed by atoms with Gasteiger partial charge in [0.25, 0.3) is 0 Å². The average molecular weight is 288 g/mol. The summed E-state index contributed by atoms with van der Waals surface area (Å²) in [6.07, 6.45) is 2.28. The van der Waals surface area contributed by atoms with Crippen molar-refractivity contribution < 1.29 is 9.90 Å². The molecule has 1 aliphatic rings. The lowest BCUT2D eigenvalue weighted by Gasteiger charge is -2.12. The zero-order valence-corrected chi connectivity index (χ0v) is 12.1. The van der Waals surface area contributed by atoms with Crippen LogP contribution in [0.15, 0.2) is 29.3 Å². The molecular weight excluding hydrogens is 272 g/mol. The number of fused-ring (bicyclic) bond motifs is 1. The van der Waals surface area contributed by atoms with Gasteiger partial charge in [-0.15, -0.1) is 11.8 Å². The van der Waals surface area contributed by atoms with E-state index in [4.69, 9.17) is 5.11 Å². The van der Waals surface area contributed by atoms with E-state index in [0.717, 1.165) is 40.3 Å². The van der Waals surface area contributed by atoms with Gasteiger partial charge in [0.2, 0.25) is 0 Å². The maximum atomic E-state index is 10.9. The highest BCUT2D eigenvalue weighted by Gasteiger charge is 2.44. The average Bonchev–Trinajstić information content (AvgIpc) is 3.15. The first-order valence-electron chi connectivity index (χ1n) is 6.66. The van der Waals surface area contributed by atoms with Gasteiger partial charge in [0.15, 0.2) is 0 Å². The fraction of sp³-hybridized carbons (Fsp3) is 0.400. The Labute approximate surface area is 121 Å². The highest BCUT2D eigenvalue weighted by atomic mass is 32.2. The Morgan fingerprint density at radius 3 is 2.55 bits per heavy atom. The van der Waals surface area contributed by atoms with Crippen LogP contribution in [0.25, 0.3) is 11.0 Å². The number of benzene rings is 1. The van der Waals surface area contributed by atoms with E-state index in [1.54, 1.807) is 11.8 Å². The zero-order chi connectivity index (χ0) is 14.2. The summed E-state index contributed by atoms with van der Waals surface area (Å²) in [7, 11) is 0. The van der Waals surface area contributed by atoms with Gasteiger partial charge in [0.1, 0.15) is 5.03 Å². The molecule has 1 aromatic heterocycles. The molecule has 0 spiro atoms. The van der Waals surface area contributed by atoms with Crippen molar-refractivity contribution in [3.8, 4) is 0 Å². The van der Waals surface area contributed by atoms with E-state index in [2.05, 4.69) is 9.97 Å². The van der Waals surface area contributed by atoms with E-state index in [1.807, 2.05) is 31.2 Å². The van der Waals surface area contributed by atoms with Crippen LogP contribution >= 0.6 is 11.8 Å². The summed E-state index contributed by atoms with van der Waals surface area (Å²) in [5, 5.41) is 9.86. The molecule has 3 rings (SSSR count). The van der Waals surface area contributed by atoms with Crippen molar-refractivity contribution in [2.75, 3.05) is 5.75 Å². The first-order chi connectivity index (χ1) is 9.58. The summed E-state index contributed by atoms with van der Waals surface area (Å²) in [4.78, 5) is 20.1. The van der Waals surface area contributed by atoms with E-state index < -0.39 is 5.97 Å². The smallest absolute Gasteiger partial charge is 0.303 e. The topological polar surface area (TPSA) is 63.1 Å². The van der Waals surface area contributed by atoms with Gasteiger partial charge in [-0.2, -0.15) is 0 Å². The second kappa shape index (κ2) is 5.05. The number of thioether (sulfide) groups is 1. The minimum absolute atomic E-state index is 0.0176. The first-order valence-corrected chi connectivity index (χ1v) is 7.65. The Bertz CT molecular complexity index is 668. The number of para-hydroxylation sites is 2. The van der Waals surface area contributed by atoms with Crippen molar-refractivity contribution in [3.05, 3.63) is 30.0 Å². The maximum absolute atomic E-state index is 10.9. The number of carboxylic acid groups (broad SMARTS) is 1. The van der Waals surface area contributed by atoms with Crippen LogP contribution in [-0.4, -0.2) is 26.8 Å². The minimum atomic E-state index is -0.704. The van der Waals surface area contributed by atoms with E-state index in [9.17, 15) is 4.79 Å². The Morgan fingerprint density at radius 1 is 1.30 bits per heavy atom. The van der Waals surface area contributed by atoms with E-state index >= 15 is 0 Å². The standard InChI is InChI=1S/C15H16N2O2S/c1-10-14(17-12-5-3-2-4-11(12)16-10)20-9-15(6-7-15)8-13(18)19/h2-5H,6-9H2,1H3,(H,18,19). The lowest BCUT2D eigenvalue weighted by atomic mass is 10.1. The summed E-state index contributed by atoms with van der Waals surface area (Å²) < 4.78 is 0. The molecule has 1 heterocycles. The summed E-state index contributed by atoms with van der Waals surface area (Å²) >= 11 is 1.64.